The standard InChI is InChI=1S/C45H48N2O2/c1-7-17-32(2)28-30-46-37-26-24-33-18-13-15-20-35(33)42(37)44(3,4)39(46)22-11-9-8-10-12-23-40-45(5,6)43-36-21-16-14-19-34(36)25-27-38(43)47(40)31-29-41(48)49/h8-16,18-27H,2,7,17,28-31H2,1,3-6H3/p+1. The van der Waals surface area contributed by atoms with Crippen LogP contribution < -0.4 is 4.90 Å². The third kappa shape index (κ3) is 6.45. The molecule has 4 nitrogen and oxygen atoms in total. The summed E-state index contributed by atoms with van der Waals surface area (Å²) in [5.74, 6) is -0.791. The van der Waals surface area contributed by atoms with Gasteiger partial charge in [-0.2, -0.15) is 4.58 Å². The van der Waals surface area contributed by atoms with Gasteiger partial charge in [-0.1, -0.05) is 124 Å². The predicted octanol–water partition coefficient (Wildman–Crippen LogP) is 10.9. The van der Waals surface area contributed by atoms with Gasteiger partial charge in [0.15, 0.2) is 12.3 Å². The molecule has 1 N–H and O–H groups in total. The average Bonchev–Trinajstić information content (AvgIpc) is 3.44. The summed E-state index contributed by atoms with van der Waals surface area (Å²) >= 11 is 0. The highest BCUT2D eigenvalue weighted by atomic mass is 16.4. The molecule has 2 heterocycles. The zero-order chi connectivity index (χ0) is 34.8. The van der Waals surface area contributed by atoms with Gasteiger partial charge in [-0.15, -0.1) is 0 Å². The fourth-order valence-electron chi connectivity index (χ4n) is 7.99. The van der Waals surface area contributed by atoms with Gasteiger partial charge < -0.3 is 10.0 Å². The van der Waals surface area contributed by atoms with Gasteiger partial charge in [0, 0.05) is 47.5 Å². The number of hydrogen-bond acceptors (Lipinski definition) is 2. The van der Waals surface area contributed by atoms with Gasteiger partial charge in [0.1, 0.15) is 0 Å². The van der Waals surface area contributed by atoms with Crippen molar-refractivity contribution in [2.45, 2.75) is 71.1 Å². The second kappa shape index (κ2) is 13.9. The lowest BCUT2D eigenvalue weighted by molar-refractivity contribution is -0.436. The summed E-state index contributed by atoms with van der Waals surface area (Å²) < 4.78 is 2.50. The van der Waals surface area contributed by atoms with Crippen LogP contribution in [0.4, 0.5) is 11.4 Å². The molecule has 6 rings (SSSR count). The van der Waals surface area contributed by atoms with Crippen LogP contribution in [0.5, 0.6) is 0 Å². The van der Waals surface area contributed by atoms with Gasteiger partial charge in [0.25, 0.3) is 0 Å². The van der Waals surface area contributed by atoms with Crippen LogP contribution in [-0.4, -0.2) is 34.5 Å². The van der Waals surface area contributed by atoms with E-state index >= 15 is 0 Å². The quantitative estimate of drug-likeness (QED) is 0.0943. The Labute approximate surface area is 291 Å². The maximum atomic E-state index is 11.6. The summed E-state index contributed by atoms with van der Waals surface area (Å²) in [5.41, 5.74) is 8.31. The maximum Gasteiger partial charge on any atom is 0.305 e. The number of allylic oxidation sites excluding steroid dienone is 8. The highest BCUT2D eigenvalue weighted by Gasteiger charge is 2.45. The minimum absolute atomic E-state index is 0.0761. The lowest BCUT2D eigenvalue weighted by Gasteiger charge is -2.26. The first-order valence-electron chi connectivity index (χ1n) is 17.6. The number of carbonyl (C=O) groups is 1. The summed E-state index contributed by atoms with van der Waals surface area (Å²) in [6.45, 7) is 17.1. The zero-order valence-electron chi connectivity index (χ0n) is 29.7. The Morgan fingerprint density at radius 3 is 2.10 bits per heavy atom. The fourth-order valence-corrected chi connectivity index (χ4v) is 7.99. The van der Waals surface area contributed by atoms with E-state index in [1.54, 1.807) is 0 Å². The van der Waals surface area contributed by atoms with Crippen molar-refractivity contribution < 1.29 is 14.5 Å². The number of nitrogens with zero attached hydrogens (tertiary/aromatic N) is 2. The van der Waals surface area contributed by atoms with Crippen LogP contribution in [0.1, 0.15) is 71.4 Å². The Morgan fingerprint density at radius 2 is 1.41 bits per heavy atom. The Kier molecular flexibility index (Phi) is 9.61. The summed E-state index contributed by atoms with van der Waals surface area (Å²) in [5, 5.41) is 14.5. The molecule has 49 heavy (non-hydrogen) atoms. The summed E-state index contributed by atoms with van der Waals surface area (Å²) in [6.07, 6.45) is 18.1. The van der Waals surface area contributed by atoms with Crippen LogP contribution in [0.2, 0.25) is 0 Å². The van der Waals surface area contributed by atoms with Gasteiger partial charge >= 0.3 is 5.97 Å². The van der Waals surface area contributed by atoms with E-state index in [4.69, 9.17) is 0 Å². The van der Waals surface area contributed by atoms with Crippen molar-refractivity contribution in [1.82, 2.24) is 0 Å². The van der Waals surface area contributed by atoms with Crippen molar-refractivity contribution in [3.8, 4) is 0 Å². The van der Waals surface area contributed by atoms with Crippen molar-refractivity contribution in [3.63, 3.8) is 0 Å². The first-order chi connectivity index (χ1) is 23.6. The number of rotatable bonds is 12. The van der Waals surface area contributed by atoms with Gasteiger partial charge in [-0.25, -0.2) is 0 Å². The van der Waals surface area contributed by atoms with Crippen molar-refractivity contribution in [2.24, 2.45) is 0 Å². The molecule has 0 radical (unpaired) electrons. The molecule has 0 spiro atoms. The number of fused-ring (bicyclic) bond motifs is 6. The molecule has 0 aliphatic carbocycles. The van der Waals surface area contributed by atoms with Gasteiger partial charge in [-0.3, -0.25) is 4.79 Å². The minimum Gasteiger partial charge on any atom is -0.481 e. The van der Waals surface area contributed by atoms with E-state index in [1.165, 1.54) is 49.6 Å². The molecular weight excluding hydrogens is 601 g/mol. The monoisotopic (exact) mass is 649 g/mol. The molecule has 4 aromatic rings. The second-order valence-corrected chi connectivity index (χ2v) is 14.4. The highest BCUT2D eigenvalue weighted by Crippen LogP contribution is 2.51. The molecule has 0 bridgehead atoms. The lowest BCUT2D eigenvalue weighted by atomic mass is 9.79. The van der Waals surface area contributed by atoms with E-state index in [-0.39, 0.29) is 17.3 Å². The predicted molar refractivity (Wildman–Crippen MR) is 208 cm³/mol. The van der Waals surface area contributed by atoms with E-state index in [9.17, 15) is 9.90 Å². The highest BCUT2D eigenvalue weighted by molar-refractivity contribution is 6.07. The molecule has 4 heteroatoms. The van der Waals surface area contributed by atoms with E-state index in [0.29, 0.717) is 6.54 Å². The number of carboxylic acids is 1. The molecule has 4 aromatic carbocycles. The number of aliphatic carboxylic acids is 1. The Balaban J connectivity index is 1.27. The smallest absolute Gasteiger partial charge is 0.305 e. The average molecular weight is 650 g/mol. The van der Waals surface area contributed by atoms with Crippen LogP contribution in [0.25, 0.3) is 21.5 Å². The van der Waals surface area contributed by atoms with Crippen molar-refractivity contribution in [3.05, 3.63) is 144 Å². The summed E-state index contributed by atoms with van der Waals surface area (Å²) in [6, 6.07) is 26.0. The van der Waals surface area contributed by atoms with Crippen LogP contribution >= 0.6 is 0 Å². The normalized spacial score (nSPS) is 17.4. The largest absolute Gasteiger partial charge is 0.481 e. The molecule has 2 aliphatic rings. The molecule has 0 saturated heterocycles. The molecular formula is C45H49N2O2+. The second-order valence-electron chi connectivity index (χ2n) is 14.4. The number of carboxylic acid groups (broad SMARTS) is 1. The lowest BCUT2D eigenvalue weighted by Crippen LogP contribution is -2.28. The van der Waals surface area contributed by atoms with E-state index < -0.39 is 5.97 Å². The third-order valence-corrected chi connectivity index (χ3v) is 10.3. The molecule has 0 unspecified atom stereocenters. The van der Waals surface area contributed by atoms with Gasteiger partial charge in [-0.05, 0) is 65.6 Å². The van der Waals surface area contributed by atoms with Crippen molar-refractivity contribution >= 4 is 44.6 Å². The molecule has 0 amide bonds. The third-order valence-electron chi connectivity index (χ3n) is 10.3. The Hall–Kier alpha value is -4.96. The molecule has 0 aromatic heterocycles. The van der Waals surface area contributed by atoms with Crippen LogP contribution in [0.15, 0.2) is 133 Å². The van der Waals surface area contributed by atoms with Crippen LogP contribution in [0, 0.1) is 0 Å². The number of anilines is 1. The van der Waals surface area contributed by atoms with Gasteiger partial charge in [0.2, 0.25) is 5.69 Å². The summed E-state index contributed by atoms with van der Waals surface area (Å²) in [4.78, 5) is 13.8. The minimum atomic E-state index is -0.791. The summed E-state index contributed by atoms with van der Waals surface area (Å²) in [7, 11) is 0. The van der Waals surface area contributed by atoms with Crippen molar-refractivity contribution in [2.75, 3.05) is 18.0 Å². The van der Waals surface area contributed by atoms with Crippen LogP contribution in [-0.2, 0) is 15.6 Å². The fraction of sp³-hybridized carbons (Fsp3) is 0.289. The number of hydrogen-bond donors (Lipinski definition) is 1. The maximum absolute atomic E-state index is 11.6. The first kappa shape index (κ1) is 33.9. The molecule has 0 atom stereocenters. The Bertz CT molecular complexity index is 2090. The Morgan fingerprint density at radius 1 is 0.776 bits per heavy atom. The van der Waals surface area contributed by atoms with Crippen LogP contribution in [0.3, 0.4) is 0 Å². The van der Waals surface area contributed by atoms with E-state index in [1.807, 2.05) is 0 Å². The van der Waals surface area contributed by atoms with Crippen molar-refractivity contribution in [1.29, 1.82) is 0 Å². The molecule has 0 fully saturated rings. The van der Waals surface area contributed by atoms with E-state index in [0.717, 1.165) is 37.2 Å². The molecule has 250 valence electrons. The SMILES string of the molecule is C=C(CCC)CC[N+]1=C(C=CC=CC=CC=C2N(CCC(=O)O)c3ccc4ccccc4c3C2(C)C)C(C)(C)c2c1ccc1ccccc21. The molecule has 2 aliphatic heterocycles. The topological polar surface area (TPSA) is 43.5 Å². The van der Waals surface area contributed by atoms with E-state index in [2.05, 4.69) is 166 Å². The zero-order valence-corrected chi connectivity index (χ0v) is 29.7. The van der Waals surface area contributed by atoms with Gasteiger partial charge in [0.05, 0.1) is 11.8 Å². The molecule has 0 saturated carbocycles. The first-order valence-corrected chi connectivity index (χ1v) is 17.6. The number of benzene rings is 4.